The topological polar surface area (TPSA) is 22.1 Å². The molecule has 0 saturated carbocycles. The molecule has 2 aromatic carbocycles. The van der Waals surface area contributed by atoms with Crippen LogP contribution in [-0.4, -0.2) is 11.4 Å². The number of hydrogen-bond donors (Lipinski definition) is 0. The molecular formula is C19H17F2NO. The Balaban J connectivity index is 1.81. The molecule has 1 atom stereocenters. The van der Waals surface area contributed by atoms with Crippen LogP contribution in [0.1, 0.15) is 23.8 Å². The molecule has 0 amide bonds. The van der Waals surface area contributed by atoms with Crippen molar-refractivity contribution < 1.29 is 13.5 Å². The fourth-order valence-electron chi connectivity index (χ4n) is 2.54. The van der Waals surface area contributed by atoms with Gasteiger partial charge in [-0.15, -0.1) is 0 Å². The summed E-state index contributed by atoms with van der Waals surface area (Å²) < 4.78 is 31.6. The third-order valence-corrected chi connectivity index (χ3v) is 3.70. The van der Waals surface area contributed by atoms with Crippen molar-refractivity contribution in [1.29, 1.82) is 0 Å². The highest BCUT2D eigenvalue weighted by atomic mass is 19.3. The fraction of sp³-hybridized carbons (Fsp3) is 0.211. The molecule has 0 aliphatic rings. The van der Waals surface area contributed by atoms with Crippen LogP contribution in [0.5, 0.6) is 0 Å². The van der Waals surface area contributed by atoms with E-state index in [1.165, 1.54) is 0 Å². The smallest absolute Gasteiger partial charge is 0.241 e. The van der Waals surface area contributed by atoms with Gasteiger partial charge in [-0.3, -0.25) is 4.98 Å². The molecular weight excluding hydrogens is 296 g/mol. The van der Waals surface area contributed by atoms with Crippen molar-refractivity contribution in [3.8, 4) is 0 Å². The second-order valence-electron chi connectivity index (χ2n) is 5.35. The lowest BCUT2D eigenvalue weighted by Crippen LogP contribution is -2.09. The Kier molecular flexibility index (Phi) is 4.93. The first kappa shape index (κ1) is 15.6. The lowest BCUT2D eigenvalue weighted by atomic mass is 10.0. The van der Waals surface area contributed by atoms with Gasteiger partial charge in [-0.1, -0.05) is 42.5 Å². The second-order valence-corrected chi connectivity index (χ2v) is 5.35. The number of nitrogens with zero attached hydrogens (tertiary/aromatic N) is 1. The lowest BCUT2D eigenvalue weighted by molar-refractivity contribution is -0.00820. The van der Waals surface area contributed by atoms with Gasteiger partial charge in [-0.25, -0.2) is 8.78 Å². The zero-order chi connectivity index (χ0) is 16.1. The number of fused-ring (bicyclic) bond motifs is 1. The highest BCUT2D eigenvalue weighted by Gasteiger charge is 2.18. The Labute approximate surface area is 133 Å². The number of alkyl halides is 2. The van der Waals surface area contributed by atoms with E-state index in [2.05, 4.69) is 4.98 Å². The van der Waals surface area contributed by atoms with Crippen molar-refractivity contribution in [1.82, 2.24) is 4.98 Å². The molecule has 4 heteroatoms. The van der Waals surface area contributed by atoms with E-state index < -0.39 is 12.5 Å². The predicted octanol–water partition coefficient (Wildman–Crippen LogP) is 5.15. The third kappa shape index (κ3) is 4.11. The summed E-state index contributed by atoms with van der Waals surface area (Å²) in [5.41, 5.74) is 1.49. The second kappa shape index (κ2) is 7.29. The quantitative estimate of drug-likeness (QED) is 0.628. The van der Waals surface area contributed by atoms with Crippen LogP contribution < -0.4 is 0 Å². The Morgan fingerprint density at radius 1 is 0.913 bits per heavy atom. The molecule has 0 fully saturated rings. The van der Waals surface area contributed by atoms with E-state index >= 15 is 0 Å². The normalized spacial score (nSPS) is 12.7. The number of ether oxygens (including phenoxy) is 1. The average Bonchev–Trinajstić information content (AvgIpc) is 2.59. The maximum absolute atomic E-state index is 12.9. The van der Waals surface area contributed by atoms with Gasteiger partial charge in [-0.05, 0) is 34.5 Å². The minimum absolute atomic E-state index is 0.213. The predicted molar refractivity (Wildman–Crippen MR) is 86.3 cm³/mol. The van der Waals surface area contributed by atoms with E-state index in [0.29, 0.717) is 0 Å². The lowest BCUT2D eigenvalue weighted by Gasteiger charge is -2.18. The Bertz CT molecular complexity index is 761. The summed E-state index contributed by atoms with van der Waals surface area (Å²) in [6, 6.07) is 19.0. The van der Waals surface area contributed by atoms with E-state index in [1.54, 1.807) is 6.20 Å². The molecule has 0 radical (unpaired) electrons. The Hall–Kier alpha value is -2.33. The minimum Gasteiger partial charge on any atom is -0.367 e. The van der Waals surface area contributed by atoms with Crippen LogP contribution in [0.4, 0.5) is 8.78 Å². The summed E-state index contributed by atoms with van der Waals surface area (Å²) in [6.45, 7) is 0.213. The van der Waals surface area contributed by atoms with Crippen molar-refractivity contribution in [2.24, 2.45) is 0 Å². The number of pyridine rings is 1. The molecule has 0 aliphatic carbocycles. The monoisotopic (exact) mass is 313 g/mol. The summed E-state index contributed by atoms with van der Waals surface area (Å²) in [4.78, 5) is 4.16. The maximum Gasteiger partial charge on any atom is 0.241 e. The molecule has 3 aromatic rings. The van der Waals surface area contributed by atoms with Crippen LogP contribution in [0.25, 0.3) is 10.8 Å². The van der Waals surface area contributed by atoms with E-state index in [0.717, 1.165) is 22.0 Å². The molecule has 23 heavy (non-hydrogen) atoms. The zero-order valence-electron chi connectivity index (χ0n) is 12.5. The number of aromatic nitrogens is 1. The van der Waals surface area contributed by atoms with Crippen molar-refractivity contribution in [2.45, 2.75) is 25.6 Å². The molecule has 3 rings (SSSR count). The van der Waals surface area contributed by atoms with E-state index in [-0.39, 0.29) is 13.0 Å². The summed E-state index contributed by atoms with van der Waals surface area (Å²) in [6.07, 6.45) is -1.74. The van der Waals surface area contributed by atoms with Crippen LogP contribution in [0.2, 0.25) is 0 Å². The van der Waals surface area contributed by atoms with Gasteiger partial charge < -0.3 is 4.74 Å². The highest BCUT2D eigenvalue weighted by molar-refractivity contribution is 5.83. The average molecular weight is 313 g/mol. The van der Waals surface area contributed by atoms with Crippen molar-refractivity contribution >= 4 is 10.8 Å². The van der Waals surface area contributed by atoms with Gasteiger partial charge in [0.15, 0.2) is 0 Å². The standard InChI is InChI=1S/C19H17F2NO/c20-19(21)12-18(23-13-17-7-3-4-10-22-17)16-9-8-14-5-1-2-6-15(14)11-16/h1-11,18-19H,12-13H2. The third-order valence-electron chi connectivity index (χ3n) is 3.70. The SMILES string of the molecule is FC(F)CC(OCc1ccccn1)c1ccc2ccccc2c1. The molecule has 0 N–H and O–H groups in total. The minimum atomic E-state index is -2.42. The largest absolute Gasteiger partial charge is 0.367 e. The van der Waals surface area contributed by atoms with Gasteiger partial charge in [0, 0.05) is 12.6 Å². The summed E-state index contributed by atoms with van der Waals surface area (Å²) >= 11 is 0. The molecule has 2 nitrogen and oxygen atoms in total. The molecule has 0 aliphatic heterocycles. The molecule has 1 unspecified atom stereocenters. The first-order valence-electron chi connectivity index (χ1n) is 7.51. The van der Waals surface area contributed by atoms with E-state index in [4.69, 9.17) is 4.74 Å². The highest BCUT2D eigenvalue weighted by Crippen LogP contribution is 2.28. The fourth-order valence-corrected chi connectivity index (χ4v) is 2.54. The first-order valence-corrected chi connectivity index (χ1v) is 7.51. The van der Waals surface area contributed by atoms with Crippen molar-refractivity contribution in [2.75, 3.05) is 0 Å². The van der Waals surface area contributed by atoms with E-state index in [9.17, 15) is 8.78 Å². The summed E-state index contributed by atoms with van der Waals surface area (Å²) in [5.74, 6) is 0. The van der Waals surface area contributed by atoms with Gasteiger partial charge in [0.25, 0.3) is 0 Å². The van der Waals surface area contributed by atoms with Crippen LogP contribution in [-0.2, 0) is 11.3 Å². The molecule has 1 heterocycles. The molecule has 1 aromatic heterocycles. The van der Waals surface area contributed by atoms with Gasteiger partial charge in [-0.2, -0.15) is 0 Å². The maximum atomic E-state index is 12.9. The molecule has 0 spiro atoms. The number of hydrogen-bond acceptors (Lipinski definition) is 2. The van der Waals surface area contributed by atoms with Crippen molar-refractivity contribution in [3.63, 3.8) is 0 Å². The zero-order valence-corrected chi connectivity index (χ0v) is 12.5. The van der Waals surface area contributed by atoms with Crippen LogP contribution in [0.3, 0.4) is 0 Å². The van der Waals surface area contributed by atoms with Crippen molar-refractivity contribution in [3.05, 3.63) is 78.1 Å². The number of halogens is 2. The number of rotatable bonds is 6. The molecule has 118 valence electrons. The number of benzene rings is 2. The van der Waals surface area contributed by atoms with Gasteiger partial charge in [0.2, 0.25) is 6.43 Å². The summed E-state index contributed by atoms with van der Waals surface area (Å²) in [5, 5.41) is 2.10. The van der Waals surface area contributed by atoms with Crippen LogP contribution in [0, 0.1) is 0 Å². The van der Waals surface area contributed by atoms with Gasteiger partial charge >= 0.3 is 0 Å². The van der Waals surface area contributed by atoms with Gasteiger partial charge in [0.1, 0.15) is 0 Å². The van der Waals surface area contributed by atoms with Gasteiger partial charge in [0.05, 0.1) is 18.4 Å². The Morgan fingerprint density at radius 3 is 2.43 bits per heavy atom. The summed E-state index contributed by atoms with van der Waals surface area (Å²) in [7, 11) is 0. The van der Waals surface area contributed by atoms with E-state index in [1.807, 2.05) is 60.7 Å². The molecule has 0 saturated heterocycles. The molecule has 0 bridgehead atoms. The first-order chi connectivity index (χ1) is 11.2. The van der Waals surface area contributed by atoms with Crippen LogP contribution >= 0.6 is 0 Å². The Morgan fingerprint density at radius 2 is 1.70 bits per heavy atom. The van der Waals surface area contributed by atoms with Crippen LogP contribution in [0.15, 0.2) is 66.9 Å².